The molecule has 1 heterocycles. The minimum absolute atomic E-state index is 0.0796. The van der Waals surface area contributed by atoms with E-state index < -0.39 is 23.1 Å². The third-order valence-corrected chi connectivity index (χ3v) is 4.26. The molecular formula is C16H24F2N2O. The van der Waals surface area contributed by atoms with Gasteiger partial charge < -0.3 is 10.4 Å². The fourth-order valence-corrected chi connectivity index (χ4v) is 3.02. The first-order chi connectivity index (χ1) is 9.88. The highest BCUT2D eigenvalue weighted by molar-refractivity contribution is 5.31. The van der Waals surface area contributed by atoms with Gasteiger partial charge in [-0.1, -0.05) is 19.9 Å². The first-order valence-corrected chi connectivity index (χ1v) is 7.38. The molecule has 3 nitrogen and oxygen atoms in total. The van der Waals surface area contributed by atoms with Crippen molar-refractivity contribution in [3.63, 3.8) is 0 Å². The zero-order chi connectivity index (χ0) is 15.6. The summed E-state index contributed by atoms with van der Waals surface area (Å²) in [5.41, 5.74) is -0.122. The molecule has 5 heteroatoms. The molecule has 0 amide bonds. The number of nitrogens with zero attached hydrogens (tertiary/aromatic N) is 1. The van der Waals surface area contributed by atoms with Gasteiger partial charge in [0.05, 0.1) is 0 Å². The highest BCUT2D eigenvalue weighted by Crippen LogP contribution is 2.41. The van der Waals surface area contributed by atoms with Gasteiger partial charge in [0.2, 0.25) is 0 Å². The lowest BCUT2D eigenvalue weighted by Crippen LogP contribution is -2.50. The van der Waals surface area contributed by atoms with Crippen molar-refractivity contribution < 1.29 is 13.9 Å². The van der Waals surface area contributed by atoms with E-state index >= 15 is 0 Å². The first-order valence-electron chi connectivity index (χ1n) is 7.38. The Morgan fingerprint density at radius 2 is 1.90 bits per heavy atom. The van der Waals surface area contributed by atoms with Crippen LogP contribution in [0, 0.1) is 24.0 Å². The number of rotatable bonds is 4. The highest BCUT2D eigenvalue weighted by Gasteiger charge is 2.39. The Hall–Kier alpha value is -1.04. The molecule has 21 heavy (non-hydrogen) atoms. The van der Waals surface area contributed by atoms with Crippen LogP contribution in [0.2, 0.25) is 0 Å². The molecule has 1 fully saturated rings. The van der Waals surface area contributed by atoms with E-state index in [4.69, 9.17) is 0 Å². The van der Waals surface area contributed by atoms with Gasteiger partial charge in [-0.3, -0.25) is 4.90 Å². The quantitative estimate of drug-likeness (QED) is 0.895. The zero-order valence-corrected chi connectivity index (χ0v) is 12.9. The van der Waals surface area contributed by atoms with Crippen LogP contribution in [0.3, 0.4) is 0 Å². The molecule has 1 aromatic rings. The number of aryl methyl sites for hydroxylation is 1. The van der Waals surface area contributed by atoms with Gasteiger partial charge in [-0.2, -0.15) is 0 Å². The zero-order valence-electron chi connectivity index (χ0n) is 12.9. The van der Waals surface area contributed by atoms with Gasteiger partial charge in [0.15, 0.2) is 0 Å². The van der Waals surface area contributed by atoms with Gasteiger partial charge >= 0.3 is 0 Å². The Morgan fingerprint density at radius 3 is 2.48 bits per heavy atom. The van der Waals surface area contributed by atoms with Crippen molar-refractivity contribution in [2.45, 2.75) is 26.8 Å². The van der Waals surface area contributed by atoms with E-state index in [1.165, 1.54) is 12.1 Å². The summed E-state index contributed by atoms with van der Waals surface area (Å²) >= 11 is 0. The Kier molecular flexibility index (Phi) is 4.96. The molecule has 0 aliphatic carbocycles. The van der Waals surface area contributed by atoms with Crippen LogP contribution in [0.5, 0.6) is 0 Å². The summed E-state index contributed by atoms with van der Waals surface area (Å²) in [4.78, 5) is 2.06. The van der Waals surface area contributed by atoms with E-state index in [1.54, 1.807) is 6.92 Å². The number of nitrogens with one attached hydrogen (secondary N) is 1. The van der Waals surface area contributed by atoms with Crippen molar-refractivity contribution in [1.82, 2.24) is 10.2 Å². The summed E-state index contributed by atoms with van der Waals surface area (Å²) < 4.78 is 28.9. The molecule has 118 valence electrons. The molecule has 0 spiro atoms. The molecule has 1 aromatic carbocycles. The number of aliphatic hydroxyl groups excluding tert-OH is 1. The third-order valence-electron chi connectivity index (χ3n) is 4.26. The van der Waals surface area contributed by atoms with Crippen LogP contribution < -0.4 is 5.32 Å². The second-order valence-corrected chi connectivity index (χ2v) is 6.43. The summed E-state index contributed by atoms with van der Waals surface area (Å²) in [6, 6.07) is 2.29. The largest absolute Gasteiger partial charge is 0.396 e. The van der Waals surface area contributed by atoms with Gasteiger partial charge in [-0.25, -0.2) is 8.78 Å². The van der Waals surface area contributed by atoms with E-state index in [-0.39, 0.29) is 12.2 Å². The minimum atomic E-state index is -0.632. The molecule has 1 saturated heterocycles. The number of benzene rings is 1. The van der Waals surface area contributed by atoms with Crippen LogP contribution in [-0.4, -0.2) is 42.8 Å². The van der Waals surface area contributed by atoms with E-state index in [0.717, 1.165) is 13.1 Å². The number of aliphatic hydroxyl groups is 1. The lowest BCUT2D eigenvalue weighted by Gasteiger charge is -2.43. The van der Waals surface area contributed by atoms with Crippen LogP contribution in [0.25, 0.3) is 0 Å². The van der Waals surface area contributed by atoms with Crippen LogP contribution in [-0.2, 0) is 0 Å². The molecule has 0 aromatic heterocycles. The maximum absolute atomic E-state index is 14.6. The van der Waals surface area contributed by atoms with E-state index in [1.807, 2.05) is 13.8 Å². The molecule has 1 aliphatic heterocycles. The number of halogens is 2. The van der Waals surface area contributed by atoms with Gasteiger partial charge in [0, 0.05) is 49.8 Å². The maximum Gasteiger partial charge on any atom is 0.133 e. The summed E-state index contributed by atoms with van der Waals surface area (Å²) in [7, 11) is 0. The monoisotopic (exact) mass is 298 g/mol. The predicted octanol–water partition coefficient (Wildman–Crippen LogP) is 2.24. The van der Waals surface area contributed by atoms with Crippen molar-refractivity contribution in [1.29, 1.82) is 0 Å². The lowest BCUT2D eigenvalue weighted by atomic mass is 9.79. The van der Waals surface area contributed by atoms with E-state index in [2.05, 4.69) is 10.2 Å². The smallest absolute Gasteiger partial charge is 0.133 e. The molecule has 0 radical (unpaired) electrons. The van der Waals surface area contributed by atoms with Crippen molar-refractivity contribution in [3.05, 3.63) is 34.9 Å². The van der Waals surface area contributed by atoms with Crippen molar-refractivity contribution in [2.24, 2.45) is 5.41 Å². The molecule has 0 unspecified atom stereocenters. The number of hydrogen-bond acceptors (Lipinski definition) is 3. The van der Waals surface area contributed by atoms with Gasteiger partial charge in [0.25, 0.3) is 0 Å². The van der Waals surface area contributed by atoms with Crippen LogP contribution >= 0.6 is 0 Å². The van der Waals surface area contributed by atoms with E-state index in [0.29, 0.717) is 18.7 Å². The van der Waals surface area contributed by atoms with Crippen molar-refractivity contribution in [3.8, 4) is 0 Å². The second-order valence-electron chi connectivity index (χ2n) is 6.43. The van der Waals surface area contributed by atoms with Crippen molar-refractivity contribution >= 4 is 0 Å². The molecule has 1 aliphatic rings. The van der Waals surface area contributed by atoms with Crippen molar-refractivity contribution in [2.75, 3.05) is 32.8 Å². The minimum Gasteiger partial charge on any atom is -0.396 e. The highest BCUT2D eigenvalue weighted by atomic mass is 19.1. The topological polar surface area (TPSA) is 35.5 Å². The third kappa shape index (κ3) is 3.25. The Bertz CT molecular complexity index is 499. The molecular weight excluding hydrogens is 274 g/mol. The first kappa shape index (κ1) is 16.3. The summed E-state index contributed by atoms with van der Waals surface area (Å²) in [5, 5.41) is 13.0. The Labute approximate surface area is 125 Å². The molecule has 1 atom stereocenters. The summed E-state index contributed by atoms with van der Waals surface area (Å²) in [6.07, 6.45) is 0. The standard InChI is InChI=1S/C16H24F2N2O/c1-11-4-5-12(17)13(14(11)18)15(16(2,3)10-21)20-8-6-19-7-9-20/h4-5,15,19,21H,6-10H2,1-3H3/t15-/m1/s1. The van der Waals surface area contributed by atoms with Gasteiger partial charge in [0.1, 0.15) is 11.6 Å². The average Bonchev–Trinajstić information content (AvgIpc) is 2.48. The summed E-state index contributed by atoms with van der Waals surface area (Å²) in [6.45, 7) is 8.19. The van der Waals surface area contributed by atoms with Crippen LogP contribution in [0.15, 0.2) is 12.1 Å². The lowest BCUT2D eigenvalue weighted by molar-refractivity contribution is 0.0265. The fourth-order valence-electron chi connectivity index (χ4n) is 3.02. The molecule has 0 bridgehead atoms. The van der Waals surface area contributed by atoms with Crippen LogP contribution in [0.4, 0.5) is 8.78 Å². The number of hydrogen-bond donors (Lipinski definition) is 2. The molecule has 2 N–H and O–H groups in total. The van der Waals surface area contributed by atoms with Gasteiger partial charge in [-0.15, -0.1) is 0 Å². The molecule has 0 saturated carbocycles. The Balaban J connectivity index is 2.52. The van der Waals surface area contributed by atoms with Gasteiger partial charge in [-0.05, 0) is 18.6 Å². The predicted molar refractivity (Wildman–Crippen MR) is 79.1 cm³/mol. The summed E-state index contributed by atoms with van der Waals surface area (Å²) in [5.74, 6) is -1.04. The maximum atomic E-state index is 14.6. The SMILES string of the molecule is Cc1ccc(F)c([C@@H](N2CCNCC2)C(C)(C)CO)c1F. The second kappa shape index (κ2) is 6.38. The number of piperazine rings is 1. The molecule has 2 rings (SSSR count). The van der Waals surface area contributed by atoms with E-state index in [9.17, 15) is 13.9 Å². The average molecular weight is 298 g/mol. The van der Waals surface area contributed by atoms with Crippen LogP contribution in [0.1, 0.15) is 31.0 Å². The fraction of sp³-hybridized carbons (Fsp3) is 0.625. The normalized spacial score (nSPS) is 18.8. The Morgan fingerprint density at radius 1 is 1.29 bits per heavy atom.